The first kappa shape index (κ1) is 14.0. The third-order valence-corrected chi connectivity index (χ3v) is 3.88. The van der Waals surface area contributed by atoms with Crippen molar-refractivity contribution in [1.82, 2.24) is 5.32 Å². The van der Waals surface area contributed by atoms with Crippen LogP contribution < -0.4 is 11.1 Å². The van der Waals surface area contributed by atoms with Crippen molar-refractivity contribution in [1.29, 1.82) is 0 Å². The van der Waals surface area contributed by atoms with Crippen molar-refractivity contribution in [2.45, 2.75) is 39.2 Å². The van der Waals surface area contributed by atoms with E-state index in [-0.39, 0.29) is 17.8 Å². The summed E-state index contributed by atoms with van der Waals surface area (Å²) in [6.07, 6.45) is 3.03. The van der Waals surface area contributed by atoms with Crippen LogP contribution >= 0.6 is 0 Å². The highest BCUT2D eigenvalue weighted by Crippen LogP contribution is 2.30. The smallest absolute Gasteiger partial charge is 0.224 e. The molecule has 0 bridgehead atoms. The van der Waals surface area contributed by atoms with Crippen molar-refractivity contribution in [3.05, 3.63) is 35.1 Å². The van der Waals surface area contributed by atoms with Crippen LogP contribution in [-0.2, 0) is 11.2 Å². The van der Waals surface area contributed by atoms with Crippen molar-refractivity contribution in [2.75, 3.05) is 6.54 Å². The van der Waals surface area contributed by atoms with E-state index in [1.54, 1.807) is 6.07 Å². The summed E-state index contributed by atoms with van der Waals surface area (Å²) in [6, 6.07) is 5.08. The third-order valence-electron chi connectivity index (χ3n) is 3.88. The fourth-order valence-electron chi connectivity index (χ4n) is 2.45. The van der Waals surface area contributed by atoms with E-state index in [0.717, 1.165) is 24.8 Å². The standard InChI is InChI=1S/C15H21FN2O/c1-15(2,14(17)19)9-18-13-5-3-4-10-6-7-11(16)8-12(10)13/h6-8,13,18H,3-5,9H2,1-2H3,(H2,17,19)/t13-/m0/s1. The average molecular weight is 264 g/mol. The van der Waals surface area contributed by atoms with E-state index in [2.05, 4.69) is 5.32 Å². The van der Waals surface area contributed by atoms with Gasteiger partial charge in [-0.15, -0.1) is 0 Å². The molecule has 1 aliphatic rings. The second kappa shape index (κ2) is 5.29. The van der Waals surface area contributed by atoms with Gasteiger partial charge in [-0.3, -0.25) is 4.79 Å². The number of hydrogen-bond acceptors (Lipinski definition) is 2. The minimum atomic E-state index is -0.592. The van der Waals surface area contributed by atoms with Gasteiger partial charge in [-0.2, -0.15) is 0 Å². The highest BCUT2D eigenvalue weighted by Gasteiger charge is 2.27. The molecular formula is C15H21FN2O. The van der Waals surface area contributed by atoms with Crippen LogP contribution in [0.25, 0.3) is 0 Å². The highest BCUT2D eigenvalue weighted by molar-refractivity contribution is 5.80. The minimum Gasteiger partial charge on any atom is -0.369 e. The quantitative estimate of drug-likeness (QED) is 0.876. The van der Waals surface area contributed by atoms with Crippen LogP contribution in [0.4, 0.5) is 4.39 Å². The zero-order valence-electron chi connectivity index (χ0n) is 11.5. The van der Waals surface area contributed by atoms with E-state index in [0.29, 0.717) is 6.54 Å². The number of carbonyl (C=O) groups is 1. The summed E-state index contributed by atoms with van der Waals surface area (Å²) in [5.74, 6) is -0.531. The number of carbonyl (C=O) groups excluding carboxylic acids is 1. The van der Waals surface area contributed by atoms with Crippen LogP contribution in [0.1, 0.15) is 43.9 Å². The van der Waals surface area contributed by atoms with Gasteiger partial charge in [0.05, 0.1) is 5.41 Å². The molecule has 0 aromatic heterocycles. The van der Waals surface area contributed by atoms with Crippen molar-refractivity contribution >= 4 is 5.91 Å². The number of halogens is 1. The van der Waals surface area contributed by atoms with Crippen LogP contribution in [0.15, 0.2) is 18.2 Å². The maximum atomic E-state index is 13.4. The number of benzene rings is 1. The Morgan fingerprint density at radius 1 is 1.53 bits per heavy atom. The molecule has 19 heavy (non-hydrogen) atoms. The number of nitrogens with one attached hydrogen (secondary N) is 1. The molecule has 0 spiro atoms. The molecule has 104 valence electrons. The molecule has 0 saturated carbocycles. The van der Waals surface area contributed by atoms with Gasteiger partial charge >= 0.3 is 0 Å². The molecule has 1 aliphatic carbocycles. The lowest BCUT2D eigenvalue weighted by Crippen LogP contribution is -2.42. The first-order valence-electron chi connectivity index (χ1n) is 6.72. The molecule has 0 radical (unpaired) electrons. The van der Waals surface area contributed by atoms with E-state index in [1.165, 1.54) is 11.6 Å². The van der Waals surface area contributed by atoms with Gasteiger partial charge in [-0.25, -0.2) is 4.39 Å². The van der Waals surface area contributed by atoms with E-state index in [4.69, 9.17) is 5.73 Å². The second-order valence-corrected chi connectivity index (χ2v) is 5.92. The van der Waals surface area contributed by atoms with Crippen LogP contribution in [0.5, 0.6) is 0 Å². The third kappa shape index (κ3) is 3.13. The fourth-order valence-corrected chi connectivity index (χ4v) is 2.45. The molecule has 3 nitrogen and oxygen atoms in total. The van der Waals surface area contributed by atoms with Crippen LogP contribution in [0.3, 0.4) is 0 Å². The molecule has 0 heterocycles. The molecule has 0 aliphatic heterocycles. The molecule has 0 saturated heterocycles. The summed E-state index contributed by atoms with van der Waals surface area (Å²) in [5, 5.41) is 3.36. The maximum absolute atomic E-state index is 13.4. The molecule has 0 fully saturated rings. The van der Waals surface area contributed by atoms with E-state index in [1.807, 2.05) is 19.9 Å². The summed E-state index contributed by atoms with van der Waals surface area (Å²) < 4.78 is 13.4. The van der Waals surface area contributed by atoms with Gasteiger partial charge in [0.1, 0.15) is 5.82 Å². The Morgan fingerprint density at radius 3 is 2.95 bits per heavy atom. The van der Waals surface area contributed by atoms with Crippen LogP contribution in [0.2, 0.25) is 0 Å². The predicted molar refractivity (Wildman–Crippen MR) is 73.1 cm³/mol. The number of rotatable bonds is 4. The Hall–Kier alpha value is -1.42. The van der Waals surface area contributed by atoms with Crippen molar-refractivity contribution in [3.63, 3.8) is 0 Å². The lowest BCUT2D eigenvalue weighted by atomic mass is 9.86. The van der Waals surface area contributed by atoms with Gasteiger partial charge in [-0.1, -0.05) is 6.07 Å². The molecule has 3 N–H and O–H groups in total. The van der Waals surface area contributed by atoms with Gasteiger partial charge in [0.15, 0.2) is 0 Å². The van der Waals surface area contributed by atoms with Crippen molar-refractivity contribution in [3.8, 4) is 0 Å². The van der Waals surface area contributed by atoms with E-state index >= 15 is 0 Å². The first-order valence-corrected chi connectivity index (χ1v) is 6.72. The Kier molecular flexibility index (Phi) is 3.90. The largest absolute Gasteiger partial charge is 0.369 e. The fraction of sp³-hybridized carbons (Fsp3) is 0.533. The number of hydrogen-bond donors (Lipinski definition) is 2. The average Bonchev–Trinajstić information content (AvgIpc) is 2.36. The Bertz CT molecular complexity index is 485. The lowest BCUT2D eigenvalue weighted by Gasteiger charge is -2.30. The molecule has 1 aromatic carbocycles. The molecular weight excluding hydrogens is 243 g/mol. The molecule has 1 aromatic rings. The molecule has 0 unspecified atom stereocenters. The number of nitrogens with two attached hydrogens (primary N) is 1. The monoisotopic (exact) mass is 264 g/mol. The molecule has 1 atom stereocenters. The zero-order chi connectivity index (χ0) is 14.0. The Morgan fingerprint density at radius 2 is 2.26 bits per heavy atom. The number of fused-ring (bicyclic) bond motifs is 1. The van der Waals surface area contributed by atoms with Crippen LogP contribution in [-0.4, -0.2) is 12.5 Å². The van der Waals surface area contributed by atoms with Crippen LogP contribution in [0, 0.1) is 11.2 Å². The SMILES string of the molecule is CC(C)(CN[C@H]1CCCc2ccc(F)cc21)C(N)=O. The van der Waals surface area contributed by atoms with E-state index < -0.39 is 5.41 Å². The molecule has 1 amide bonds. The van der Waals surface area contributed by atoms with Gasteiger partial charge < -0.3 is 11.1 Å². The first-order chi connectivity index (χ1) is 8.90. The van der Waals surface area contributed by atoms with Gasteiger partial charge in [0.2, 0.25) is 5.91 Å². The van der Waals surface area contributed by atoms with Gasteiger partial charge in [0, 0.05) is 12.6 Å². The Labute approximate surface area is 113 Å². The molecule has 4 heteroatoms. The zero-order valence-corrected chi connectivity index (χ0v) is 11.5. The van der Waals surface area contributed by atoms with E-state index in [9.17, 15) is 9.18 Å². The number of amides is 1. The number of aryl methyl sites for hydroxylation is 1. The topological polar surface area (TPSA) is 55.1 Å². The second-order valence-electron chi connectivity index (χ2n) is 5.92. The normalized spacial score (nSPS) is 19.0. The highest BCUT2D eigenvalue weighted by atomic mass is 19.1. The summed E-state index contributed by atoms with van der Waals surface area (Å²) in [6.45, 7) is 4.14. The Balaban J connectivity index is 2.12. The summed E-state index contributed by atoms with van der Waals surface area (Å²) in [5.41, 5.74) is 6.99. The predicted octanol–water partition coefficient (Wildman–Crippen LogP) is 2.30. The summed E-state index contributed by atoms with van der Waals surface area (Å²) >= 11 is 0. The molecule has 2 rings (SSSR count). The van der Waals surface area contributed by atoms with Gasteiger partial charge in [-0.05, 0) is 56.4 Å². The summed E-state index contributed by atoms with van der Waals surface area (Å²) in [4.78, 5) is 11.3. The number of primary amides is 1. The van der Waals surface area contributed by atoms with Gasteiger partial charge in [0.25, 0.3) is 0 Å². The maximum Gasteiger partial charge on any atom is 0.224 e. The lowest BCUT2D eigenvalue weighted by molar-refractivity contribution is -0.125. The minimum absolute atomic E-state index is 0.109. The van der Waals surface area contributed by atoms with Crippen molar-refractivity contribution < 1.29 is 9.18 Å². The van der Waals surface area contributed by atoms with Crippen molar-refractivity contribution in [2.24, 2.45) is 11.1 Å². The summed E-state index contributed by atoms with van der Waals surface area (Å²) in [7, 11) is 0.